The molecule has 0 aliphatic rings. The topological polar surface area (TPSA) is 12.5 Å². The molecule has 0 atom stereocenters. The molecular weight excluding hydrogens is 270 g/mol. The molecule has 0 fully saturated rings. The second-order valence-corrected chi connectivity index (χ2v) is 5.11. The van der Waals surface area contributed by atoms with Gasteiger partial charge in [-0.25, -0.2) is 0 Å². The summed E-state index contributed by atoms with van der Waals surface area (Å²) in [7, 11) is 0. The molecule has 2 aromatic rings. The molecule has 0 bridgehead atoms. The lowest BCUT2D eigenvalue weighted by Gasteiger charge is -2.23. The maximum absolute atomic E-state index is 5.99. The van der Waals surface area contributed by atoms with Crippen LogP contribution in [-0.2, 0) is 0 Å². The summed E-state index contributed by atoms with van der Waals surface area (Å²) in [4.78, 5) is 2.29. The van der Waals surface area contributed by atoms with Gasteiger partial charge in [0.15, 0.2) is 0 Å². The Kier molecular flexibility index (Phi) is 5.31. The van der Waals surface area contributed by atoms with E-state index in [-0.39, 0.29) is 0 Å². The van der Waals surface area contributed by atoms with Crippen molar-refractivity contribution in [3.63, 3.8) is 0 Å². The number of rotatable bonds is 6. The molecule has 0 unspecified atom stereocenters. The number of hydrogen-bond acceptors (Lipinski definition) is 2. The molecule has 2 nitrogen and oxygen atoms in total. The van der Waals surface area contributed by atoms with Gasteiger partial charge < -0.3 is 9.64 Å². The zero-order valence-corrected chi connectivity index (χ0v) is 12.7. The van der Waals surface area contributed by atoms with Gasteiger partial charge in [0.1, 0.15) is 12.4 Å². The van der Waals surface area contributed by atoms with Gasteiger partial charge in [0, 0.05) is 17.3 Å². The lowest BCUT2D eigenvalue weighted by Crippen LogP contribution is -2.28. The van der Waals surface area contributed by atoms with E-state index >= 15 is 0 Å². The van der Waals surface area contributed by atoms with E-state index in [0.29, 0.717) is 11.6 Å². The van der Waals surface area contributed by atoms with Crippen LogP contribution in [0.1, 0.15) is 12.5 Å². The van der Waals surface area contributed by atoms with Gasteiger partial charge in [0.2, 0.25) is 0 Å². The number of nitrogens with zero attached hydrogens (tertiary/aromatic N) is 1. The molecule has 0 aliphatic heterocycles. The first kappa shape index (κ1) is 14.7. The Morgan fingerprint density at radius 2 is 1.85 bits per heavy atom. The molecule has 0 heterocycles. The Morgan fingerprint density at radius 1 is 1.10 bits per heavy atom. The van der Waals surface area contributed by atoms with Crippen LogP contribution >= 0.6 is 11.6 Å². The minimum atomic E-state index is 0.643. The molecule has 2 rings (SSSR count). The fourth-order valence-electron chi connectivity index (χ4n) is 2.10. The molecule has 3 heteroatoms. The highest BCUT2D eigenvalue weighted by Gasteiger charge is 2.05. The summed E-state index contributed by atoms with van der Waals surface area (Å²) < 4.78 is 5.85. The third kappa shape index (κ3) is 3.91. The van der Waals surface area contributed by atoms with Gasteiger partial charge in [-0.2, -0.15) is 0 Å². The first-order chi connectivity index (χ1) is 9.70. The van der Waals surface area contributed by atoms with Crippen molar-refractivity contribution in [2.24, 2.45) is 0 Å². The van der Waals surface area contributed by atoms with Crippen molar-refractivity contribution in [3.05, 3.63) is 59.1 Å². The normalized spacial score (nSPS) is 10.3. The average molecular weight is 290 g/mol. The molecule has 0 amide bonds. The third-order valence-electron chi connectivity index (χ3n) is 3.27. The standard InChI is InChI=1S/C17H20ClNO/c1-3-19(16-7-5-4-6-8-16)11-12-20-17-13-15(18)10-9-14(17)2/h4-10,13H,3,11-12H2,1-2H3. The lowest BCUT2D eigenvalue weighted by molar-refractivity contribution is 0.322. The molecule has 2 aromatic carbocycles. The molecular formula is C17H20ClNO. The lowest BCUT2D eigenvalue weighted by atomic mass is 10.2. The molecule has 0 spiro atoms. The maximum Gasteiger partial charge on any atom is 0.123 e. The van der Waals surface area contributed by atoms with Crippen LogP contribution in [0.25, 0.3) is 0 Å². The second-order valence-electron chi connectivity index (χ2n) is 4.67. The van der Waals surface area contributed by atoms with E-state index in [0.717, 1.165) is 24.4 Å². The van der Waals surface area contributed by atoms with Crippen molar-refractivity contribution in [2.45, 2.75) is 13.8 Å². The summed E-state index contributed by atoms with van der Waals surface area (Å²) in [5, 5.41) is 0.709. The zero-order chi connectivity index (χ0) is 14.4. The van der Waals surface area contributed by atoms with Crippen LogP contribution in [0.4, 0.5) is 5.69 Å². The molecule has 0 N–H and O–H groups in total. The Hall–Kier alpha value is -1.67. The monoisotopic (exact) mass is 289 g/mol. The summed E-state index contributed by atoms with van der Waals surface area (Å²) >= 11 is 5.99. The summed E-state index contributed by atoms with van der Waals surface area (Å²) in [6.07, 6.45) is 0. The van der Waals surface area contributed by atoms with E-state index in [1.54, 1.807) is 0 Å². The largest absolute Gasteiger partial charge is 0.491 e. The van der Waals surface area contributed by atoms with E-state index in [9.17, 15) is 0 Å². The smallest absolute Gasteiger partial charge is 0.123 e. The van der Waals surface area contributed by atoms with Crippen molar-refractivity contribution in [1.29, 1.82) is 0 Å². The molecule has 106 valence electrons. The molecule has 0 aromatic heterocycles. The van der Waals surface area contributed by atoms with Crippen molar-refractivity contribution in [1.82, 2.24) is 0 Å². The number of aryl methyl sites for hydroxylation is 1. The van der Waals surface area contributed by atoms with Crippen LogP contribution in [0, 0.1) is 6.92 Å². The maximum atomic E-state index is 5.99. The Labute approximate surface area is 125 Å². The SMILES string of the molecule is CCN(CCOc1cc(Cl)ccc1C)c1ccccc1. The van der Waals surface area contributed by atoms with Crippen LogP contribution in [0.15, 0.2) is 48.5 Å². The van der Waals surface area contributed by atoms with Crippen molar-refractivity contribution < 1.29 is 4.74 Å². The molecule has 0 saturated carbocycles. The Balaban J connectivity index is 1.93. The van der Waals surface area contributed by atoms with Gasteiger partial charge in [0.25, 0.3) is 0 Å². The van der Waals surface area contributed by atoms with Crippen molar-refractivity contribution in [2.75, 3.05) is 24.6 Å². The number of likely N-dealkylation sites (N-methyl/N-ethyl adjacent to an activating group) is 1. The van der Waals surface area contributed by atoms with Crippen LogP contribution in [0.3, 0.4) is 0 Å². The fourth-order valence-corrected chi connectivity index (χ4v) is 2.27. The number of para-hydroxylation sites is 1. The first-order valence-corrected chi connectivity index (χ1v) is 7.27. The quantitative estimate of drug-likeness (QED) is 0.773. The highest BCUT2D eigenvalue weighted by atomic mass is 35.5. The molecule has 0 saturated heterocycles. The van der Waals surface area contributed by atoms with Crippen LogP contribution in [0.5, 0.6) is 5.75 Å². The van der Waals surface area contributed by atoms with E-state index in [1.807, 2.05) is 31.2 Å². The van der Waals surface area contributed by atoms with E-state index in [4.69, 9.17) is 16.3 Å². The van der Waals surface area contributed by atoms with Gasteiger partial charge >= 0.3 is 0 Å². The fraction of sp³-hybridized carbons (Fsp3) is 0.294. The second kappa shape index (κ2) is 7.20. The third-order valence-corrected chi connectivity index (χ3v) is 3.51. The molecule has 20 heavy (non-hydrogen) atoms. The summed E-state index contributed by atoms with van der Waals surface area (Å²) in [6, 6.07) is 16.1. The van der Waals surface area contributed by atoms with Crippen molar-refractivity contribution >= 4 is 17.3 Å². The number of anilines is 1. The van der Waals surface area contributed by atoms with Gasteiger partial charge in [-0.15, -0.1) is 0 Å². The minimum Gasteiger partial charge on any atom is -0.491 e. The van der Waals surface area contributed by atoms with Gasteiger partial charge in [0.05, 0.1) is 6.54 Å². The average Bonchev–Trinajstić information content (AvgIpc) is 2.48. The van der Waals surface area contributed by atoms with Crippen LogP contribution in [0.2, 0.25) is 5.02 Å². The number of halogens is 1. The van der Waals surface area contributed by atoms with E-state index < -0.39 is 0 Å². The highest BCUT2D eigenvalue weighted by molar-refractivity contribution is 6.30. The minimum absolute atomic E-state index is 0.643. The van der Waals surface area contributed by atoms with E-state index in [1.165, 1.54) is 5.69 Å². The van der Waals surface area contributed by atoms with E-state index in [2.05, 4.69) is 36.1 Å². The number of hydrogen-bond donors (Lipinski definition) is 0. The summed E-state index contributed by atoms with van der Waals surface area (Å²) in [6.45, 7) is 6.64. The van der Waals surface area contributed by atoms with Crippen LogP contribution in [-0.4, -0.2) is 19.7 Å². The summed E-state index contributed by atoms with van der Waals surface area (Å²) in [5.74, 6) is 0.863. The molecule has 0 aliphatic carbocycles. The number of ether oxygens (including phenoxy) is 1. The zero-order valence-electron chi connectivity index (χ0n) is 12.0. The predicted molar refractivity (Wildman–Crippen MR) is 86.0 cm³/mol. The Morgan fingerprint density at radius 3 is 2.55 bits per heavy atom. The van der Waals surface area contributed by atoms with Crippen LogP contribution < -0.4 is 9.64 Å². The number of benzene rings is 2. The van der Waals surface area contributed by atoms with Crippen molar-refractivity contribution in [3.8, 4) is 5.75 Å². The van der Waals surface area contributed by atoms with Gasteiger partial charge in [-0.1, -0.05) is 35.9 Å². The van der Waals surface area contributed by atoms with Gasteiger partial charge in [-0.05, 0) is 43.7 Å². The Bertz CT molecular complexity index is 542. The van der Waals surface area contributed by atoms with Gasteiger partial charge in [-0.3, -0.25) is 0 Å². The summed E-state index contributed by atoms with van der Waals surface area (Å²) in [5.41, 5.74) is 2.33. The predicted octanol–water partition coefficient (Wildman–Crippen LogP) is 4.55. The first-order valence-electron chi connectivity index (χ1n) is 6.89. The highest BCUT2D eigenvalue weighted by Crippen LogP contribution is 2.22. The molecule has 0 radical (unpaired) electrons.